The summed E-state index contributed by atoms with van der Waals surface area (Å²) in [7, 11) is 0. The van der Waals surface area contributed by atoms with Crippen molar-refractivity contribution in [1.82, 2.24) is 0 Å². The summed E-state index contributed by atoms with van der Waals surface area (Å²) >= 11 is 6.07. The molecular formula is C11H15ClN2. The second-order valence-corrected chi connectivity index (χ2v) is 4.69. The van der Waals surface area contributed by atoms with E-state index in [1.165, 1.54) is 19.3 Å². The molecule has 2 rings (SSSR count). The van der Waals surface area contributed by atoms with Crippen LogP contribution in [-0.4, -0.2) is 5.54 Å². The number of rotatable bonds is 2. The molecule has 0 bridgehead atoms. The van der Waals surface area contributed by atoms with Crippen molar-refractivity contribution in [3.63, 3.8) is 0 Å². The summed E-state index contributed by atoms with van der Waals surface area (Å²) in [6, 6.07) is 5.60. The lowest BCUT2D eigenvalue weighted by Crippen LogP contribution is -2.41. The molecule has 0 radical (unpaired) electrons. The lowest BCUT2D eigenvalue weighted by Gasteiger charge is -2.40. The molecule has 3 heteroatoms. The van der Waals surface area contributed by atoms with Gasteiger partial charge in [0.2, 0.25) is 0 Å². The Morgan fingerprint density at radius 2 is 2.14 bits per heavy atom. The highest BCUT2D eigenvalue weighted by Gasteiger charge is 2.31. The maximum absolute atomic E-state index is 6.07. The van der Waals surface area contributed by atoms with Crippen LogP contribution in [0.25, 0.3) is 0 Å². The van der Waals surface area contributed by atoms with E-state index in [9.17, 15) is 0 Å². The second kappa shape index (κ2) is 3.35. The van der Waals surface area contributed by atoms with Crippen molar-refractivity contribution in [2.24, 2.45) is 0 Å². The third-order valence-electron chi connectivity index (χ3n) is 2.89. The Hall–Kier alpha value is -0.890. The van der Waals surface area contributed by atoms with Gasteiger partial charge >= 0.3 is 0 Å². The lowest BCUT2D eigenvalue weighted by atomic mass is 9.78. The van der Waals surface area contributed by atoms with Crippen molar-refractivity contribution >= 4 is 23.0 Å². The average Bonchev–Trinajstić information content (AvgIpc) is 2.07. The van der Waals surface area contributed by atoms with E-state index < -0.39 is 0 Å². The molecule has 3 N–H and O–H groups in total. The Bertz CT molecular complexity index is 345. The minimum Gasteiger partial charge on any atom is -0.399 e. The first-order valence-corrected chi connectivity index (χ1v) is 5.30. The van der Waals surface area contributed by atoms with Crippen molar-refractivity contribution in [3.8, 4) is 0 Å². The molecule has 0 spiro atoms. The Morgan fingerprint density at radius 3 is 2.64 bits per heavy atom. The van der Waals surface area contributed by atoms with Crippen LogP contribution in [0, 0.1) is 0 Å². The van der Waals surface area contributed by atoms with Crippen LogP contribution in [0.2, 0.25) is 5.02 Å². The molecule has 1 aromatic rings. The summed E-state index contributed by atoms with van der Waals surface area (Å²) in [5.74, 6) is 0. The minimum atomic E-state index is 0.236. The van der Waals surface area contributed by atoms with Crippen molar-refractivity contribution in [3.05, 3.63) is 23.2 Å². The molecule has 0 saturated heterocycles. The first-order valence-electron chi connectivity index (χ1n) is 4.92. The van der Waals surface area contributed by atoms with Crippen LogP contribution in [0.15, 0.2) is 18.2 Å². The normalized spacial score (nSPS) is 18.7. The third-order valence-corrected chi connectivity index (χ3v) is 3.20. The summed E-state index contributed by atoms with van der Waals surface area (Å²) < 4.78 is 0. The summed E-state index contributed by atoms with van der Waals surface area (Å²) in [6.07, 6.45) is 3.73. The largest absolute Gasteiger partial charge is 0.399 e. The lowest BCUT2D eigenvalue weighted by molar-refractivity contribution is 0.306. The van der Waals surface area contributed by atoms with Gasteiger partial charge in [-0.3, -0.25) is 0 Å². The highest BCUT2D eigenvalue weighted by Crippen LogP contribution is 2.36. The van der Waals surface area contributed by atoms with Crippen LogP contribution < -0.4 is 11.1 Å². The highest BCUT2D eigenvalue weighted by molar-refractivity contribution is 6.33. The molecule has 14 heavy (non-hydrogen) atoms. The zero-order valence-corrected chi connectivity index (χ0v) is 9.06. The van der Waals surface area contributed by atoms with Gasteiger partial charge in [0.15, 0.2) is 0 Å². The van der Waals surface area contributed by atoms with Crippen molar-refractivity contribution < 1.29 is 0 Å². The van der Waals surface area contributed by atoms with E-state index in [4.69, 9.17) is 17.3 Å². The monoisotopic (exact) mass is 210 g/mol. The van der Waals surface area contributed by atoms with Crippen LogP contribution in [0.4, 0.5) is 11.4 Å². The number of nitrogen functional groups attached to an aromatic ring is 1. The predicted octanol–water partition coefficient (Wildman–Crippen LogP) is 3.28. The Labute approximate surface area is 89.4 Å². The maximum Gasteiger partial charge on any atom is 0.0658 e. The maximum atomic E-state index is 6.07. The van der Waals surface area contributed by atoms with E-state index in [1.54, 1.807) is 6.07 Å². The number of hydrogen-bond acceptors (Lipinski definition) is 2. The van der Waals surface area contributed by atoms with Gasteiger partial charge in [0.25, 0.3) is 0 Å². The van der Waals surface area contributed by atoms with E-state index in [0.717, 1.165) is 5.69 Å². The van der Waals surface area contributed by atoms with Crippen LogP contribution in [-0.2, 0) is 0 Å². The number of anilines is 2. The zero-order valence-electron chi connectivity index (χ0n) is 8.31. The van der Waals surface area contributed by atoms with Gasteiger partial charge in [0.05, 0.1) is 10.7 Å². The molecule has 2 nitrogen and oxygen atoms in total. The molecule has 1 aliphatic carbocycles. The Morgan fingerprint density at radius 1 is 1.43 bits per heavy atom. The van der Waals surface area contributed by atoms with Crippen LogP contribution >= 0.6 is 11.6 Å². The molecule has 0 heterocycles. The smallest absolute Gasteiger partial charge is 0.0658 e. The molecule has 1 aromatic carbocycles. The third kappa shape index (κ3) is 1.80. The summed E-state index contributed by atoms with van der Waals surface area (Å²) in [6.45, 7) is 2.23. The molecule has 1 fully saturated rings. The van der Waals surface area contributed by atoms with Crippen LogP contribution in [0.1, 0.15) is 26.2 Å². The topological polar surface area (TPSA) is 38.0 Å². The molecular weight excluding hydrogens is 196 g/mol. The molecule has 0 atom stereocenters. The molecule has 1 aliphatic rings. The van der Waals surface area contributed by atoms with E-state index in [-0.39, 0.29) is 5.54 Å². The minimum absolute atomic E-state index is 0.236. The van der Waals surface area contributed by atoms with Crippen molar-refractivity contribution in [2.45, 2.75) is 31.7 Å². The van der Waals surface area contributed by atoms with Crippen molar-refractivity contribution in [1.29, 1.82) is 0 Å². The summed E-state index contributed by atoms with van der Waals surface area (Å²) in [4.78, 5) is 0. The second-order valence-electron chi connectivity index (χ2n) is 4.28. The molecule has 1 saturated carbocycles. The summed E-state index contributed by atoms with van der Waals surface area (Å²) in [5.41, 5.74) is 7.56. The fourth-order valence-corrected chi connectivity index (χ4v) is 2.03. The first kappa shape index (κ1) is 9.66. The number of nitrogens with two attached hydrogens (primary N) is 1. The molecule has 0 amide bonds. The van der Waals surface area contributed by atoms with Gasteiger partial charge < -0.3 is 11.1 Å². The van der Waals surface area contributed by atoms with Gasteiger partial charge in [0, 0.05) is 11.2 Å². The molecule has 0 aromatic heterocycles. The SMILES string of the molecule is CC1(Nc2ccc(N)cc2Cl)CCC1. The highest BCUT2D eigenvalue weighted by atomic mass is 35.5. The number of benzene rings is 1. The van der Waals surface area contributed by atoms with Gasteiger partial charge in [-0.1, -0.05) is 11.6 Å². The van der Waals surface area contributed by atoms with E-state index >= 15 is 0 Å². The Kier molecular flexibility index (Phi) is 2.31. The van der Waals surface area contributed by atoms with Gasteiger partial charge in [-0.2, -0.15) is 0 Å². The fraction of sp³-hybridized carbons (Fsp3) is 0.455. The van der Waals surface area contributed by atoms with Gasteiger partial charge in [-0.15, -0.1) is 0 Å². The van der Waals surface area contributed by atoms with Gasteiger partial charge in [0.1, 0.15) is 0 Å². The van der Waals surface area contributed by atoms with E-state index in [1.807, 2.05) is 12.1 Å². The molecule has 0 aliphatic heterocycles. The van der Waals surface area contributed by atoms with Crippen molar-refractivity contribution in [2.75, 3.05) is 11.1 Å². The summed E-state index contributed by atoms with van der Waals surface area (Å²) in [5, 5.41) is 4.17. The van der Waals surface area contributed by atoms with Gasteiger partial charge in [-0.05, 0) is 44.4 Å². The van der Waals surface area contributed by atoms with E-state index in [0.29, 0.717) is 10.7 Å². The van der Waals surface area contributed by atoms with Gasteiger partial charge in [-0.25, -0.2) is 0 Å². The quantitative estimate of drug-likeness (QED) is 0.736. The molecule has 0 unspecified atom stereocenters. The average molecular weight is 211 g/mol. The van der Waals surface area contributed by atoms with Crippen LogP contribution in [0.3, 0.4) is 0 Å². The first-order chi connectivity index (χ1) is 6.59. The predicted molar refractivity (Wildman–Crippen MR) is 61.7 cm³/mol. The zero-order chi connectivity index (χ0) is 10.2. The standard InChI is InChI=1S/C11H15ClN2/c1-11(5-2-6-11)14-10-4-3-8(13)7-9(10)12/h3-4,7,14H,2,5-6,13H2,1H3. The number of hydrogen-bond donors (Lipinski definition) is 2. The Balaban J connectivity index is 2.16. The fourth-order valence-electron chi connectivity index (χ4n) is 1.79. The molecule has 76 valence electrons. The number of nitrogens with one attached hydrogen (secondary N) is 1. The number of halogens is 1. The van der Waals surface area contributed by atoms with Crippen LogP contribution in [0.5, 0.6) is 0 Å². The van der Waals surface area contributed by atoms with E-state index in [2.05, 4.69) is 12.2 Å².